The summed E-state index contributed by atoms with van der Waals surface area (Å²) in [4.78, 5) is 13.9. The zero-order valence-corrected chi connectivity index (χ0v) is 11.9. The highest BCUT2D eigenvalue weighted by Crippen LogP contribution is 2.20. The minimum Gasteiger partial charge on any atom is -0.491 e. The number of carbonyl (C=O) groups excluding carboxylic acids is 1. The average molecular weight is 261 g/mol. The Bertz CT molecular complexity index is 431. The van der Waals surface area contributed by atoms with Gasteiger partial charge < -0.3 is 4.74 Å². The number of ketones is 1. The van der Waals surface area contributed by atoms with Gasteiger partial charge in [-0.15, -0.1) is 0 Å². The van der Waals surface area contributed by atoms with Crippen molar-refractivity contribution in [3.63, 3.8) is 0 Å². The highest BCUT2D eigenvalue weighted by atomic mass is 16.5. The molecular formula is C16H23NO2. The van der Waals surface area contributed by atoms with Crippen LogP contribution in [0.5, 0.6) is 5.75 Å². The molecule has 1 aromatic rings. The molecule has 1 aromatic carbocycles. The fourth-order valence-electron chi connectivity index (χ4n) is 2.62. The van der Waals surface area contributed by atoms with Crippen LogP contribution < -0.4 is 4.74 Å². The standard InChI is InChI=1S/C16H23NO2/c1-3-14-8-9-17(12-14)10-11-19-16-7-5-4-6-15(16)13(2)18/h4-7,14H,3,8-12H2,1-2H3. The van der Waals surface area contributed by atoms with Gasteiger partial charge >= 0.3 is 0 Å². The minimum atomic E-state index is 0.0582. The van der Waals surface area contributed by atoms with Gasteiger partial charge in [-0.3, -0.25) is 9.69 Å². The first-order chi connectivity index (χ1) is 9.20. The number of rotatable bonds is 6. The second-order valence-corrected chi connectivity index (χ2v) is 5.26. The van der Waals surface area contributed by atoms with E-state index in [1.54, 1.807) is 6.92 Å². The Morgan fingerprint density at radius 3 is 2.89 bits per heavy atom. The van der Waals surface area contributed by atoms with Crippen molar-refractivity contribution in [2.24, 2.45) is 5.92 Å². The lowest BCUT2D eigenvalue weighted by Crippen LogP contribution is -2.26. The van der Waals surface area contributed by atoms with Crippen LogP contribution in [0.25, 0.3) is 0 Å². The van der Waals surface area contributed by atoms with Crippen molar-refractivity contribution in [1.29, 1.82) is 0 Å². The van der Waals surface area contributed by atoms with Crippen LogP contribution in [-0.4, -0.2) is 36.9 Å². The molecule has 0 bridgehead atoms. The van der Waals surface area contributed by atoms with E-state index in [2.05, 4.69) is 11.8 Å². The van der Waals surface area contributed by atoms with Gasteiger partial charge in [0.2, 0.25) is 0 Å². The predicted octanol–water partition coefficient (Wildman–Crippen LogP) is 3.00. The molecule has 0 aliphatic carbocycles. The van der Waals surface area contributed by atoms with E-state index in [4.69, 9.17) is 4.74 Å². The van der Waals surface area contributed by atoms with Gasteiger partial charge in [0.05, 0.1) is 5.56 Å². The van der Waals surface area contributed by atoms with E-state index < -0.39 is 0 Å². The van der Waals surface area contributed by atoms with Crippen molar-refractivity contribution in [2.45, 2.75) is 26.7 Å². The molecule has 0 saturated carbocycles. The zero-order valence-electron chi connectivity index (χ0n) is 11.9. The van der Waals surface area contributed by atoms with Crippen molar-refractivity contribution in [3.8, 4) is 5.75 Å². The van der Waals surface area contributed by atoms with Crippen LogP contribution in [0.15, 0.2) is 24.3 Å². The molecule has 0 spiro atoms. The van der Waals surface area contributed by atoms with Crippen molar-refractivity contribution in [3.05, 3.63) is 29.8 Å². The molecule has 1 saturated heterocycles. The van der Waals surface area contributed by atoms with Gasteiger partial charge in [0.25, 0.3) is 0 Å². The number of carbonyl (C=O) groups is 1. The molecular weight excluding hydrogens is 238 g/mol. The summed E-state index contributed by atoms with van der Waals surface area (Å²) in [6.45, 7) is 7.80. The van der Waals surface area contributed by atoms with E-state index in [1.165, 1.54) is 25.9 Å². The number of para-hydroxylation sites is 1. The highest BCUT2D eigenvalue weighted by molar-refractivity contribution is 5.96. The maximum atomic E-state index is 11.5. The molecule has 0 aromatic heterocycles. The molecule has 104 valence electrons. The highest BCUT2D eigenvalue weighted by Gasteiger charge is 2.20. The third kappa shape index (κ3) is 3.80. The normalized spacial score (nSPS) is 19.6. The van der Waals surface area contributed by atoms with E-state index in [9.17, 15) is 4.79 Å². The second kappa shape index (κ2) is 6.71. The Morgan fingerprint density at radius 1 is 1.42 bits per heavy atom. The van der Waals surface area contributed by atoms with E-state index in [1.807, 2.05) is 24.3 Å². The SMILES string of the molecule is CCC1CCN(CCOc2ccccc2C(C)=O)C1. The molecule has 1 heterocycles. The lowest BCUT2D eigenvalue weighted by Gasteiger charge is -2.16. The largest absolute Gasteiger partial charge is 0.491 e. The maximum absolute atomic E-state index is 11.5. The fraction of sp³-hybridized carbons (Fsp3) is 0.562. The summed E-state index contributed by atoms with van der Waals surface area (Å²) in [5.74, 6) is 1.62. The average Bonchev–Trinajstić information content (AvgIpc) is 2.87. The summed E-state index contributed by atoms with van der Waals surface area (Å²) >= 11 is 0. The molecule has 3 nitrogen and oxygen atoms in total. The third-order valence-electron chi connectivity index (χ3n) is 3.88. The van der Waals surface area contributed by atoms with Crippen LogP contribution >= 0.6 is 0 Å². The molecule has 0 radical (unpaired) electrons. The number of benzene rings is 1. The van der Waals surface area contributed by atoms with Crippen molar-refractivity contribution in [1.82, 2.24) is 4.90 Å². The first-order valence-electron chi connectivity index (χ1n) is 7.15. The smallest absolute Gasteiger partial charge is 0.163 e. The van der Waals surface area contributed by atoms with Gasteiger partial charge in [0.15, 0.2) is 5.78 Å². The van der Waals surface area contributed by atoms with Crippen LogP contribution in [0.2, 0.25) is 0 Å². The molecule has 3 heteroatoms. The summed E-state index contributed by atoms with van der Waals surface area (Å²) in [5, 5.41) is 0. The van der Waals surface area contributed by atoms with Crippen LogP contribution in [0.4, 0.5) is 0 Å². The van der Waals surface area contributed by atoms with E-state index in [0.717, 1.165) is 12.5 Å². The second-order valence-electron chi connectivity index (χ2n) is 5.26. The zero-order chi connectivity index (χ0) is 13.7. The fourth-order valence-corrected chi connectivity index (χ4v) is 2.62. The first-order valence-corrected chi connectivity index (χ1v) is 7.15. The molecule has 1 aliphatic heterocycles. The molecule has 1 atom stereocenters. The molecule has 1 unspecified atom stereocenters. The molecule has 1 aliphatic rings. The van der Waals surface area contributed by atoms with Gasteiger partial charge in [-0.05, 0) is 37.9 Å². The lowest BCUT2D eigenvalue weighted by atomic mass is 10.1. The number of hydrogen-bond donors (Lipinski definition) is 0. The van der Waals surface area contributed by atoms with E-state index in [0.29, 0.717) is 17.9 Å². The van der Waals surface area contributed by atoms with Gasteiger partial charge in [-0.2, -0.15) is 0 Å². The predicted molar refractivity (Wildman–Crippen MR) is 76.8 cm³/mol. The van der Waals surface area contributed by atoms with Crippen molar-refractivity contribution in [2.75, 3.05) is 26.2 Å². The van der Waals surface area contributed by atoms with Crippen molar-refractivity contribution < 1.29 is 9.53 Å². The Kier molecular flexibility index (Phi) is 4.97. The summed E-state index contributed by atoms with van der Waals surface area (Å²) in [6, 6.07) is 7.47. The number of likely N-dealkylation sites (tertiary alicyclic amines) is 1. The van der Waals surface area contributed by atoms with Gasteiger partial charge in [0.1, 0.15) is 12.4 Å². The Balaban J connectivity index is 1.82. The topological polar surface area (TPSA) is 29.5 Å². The number of nitrogens with zero attached hydrogens (tertiary/aromatic N) is 1. The molecule has 0 N–H and O–H groups in total. The Labute approximate surface area is 115 Å². The van der Waals surface area contributed by atoms with Gasteiger partial charge in [-0.1, -0.05) is 25.5 Å². The summed E-state index contributed by atoms with van der Waals surface area (Å²) in [6.07, 6.45) is 2.57. The third-order valence-corrected chi connectivity index (χ3v) is 3.88. The number of hydrogen-bond acceptors (Lipinski definition) is 3. The van der Waals surface area contributed by atoms with Crippen LogP contribution in [0.3, 0.4) is 0 Å². The first kappa shape index (κ1) is 14.1. The minimum absolute atomic E-state index is 0.0582. The van der Waals surface area contributed by atoms with Crippen LogP contribution in [0, 0.1) is 5.92 Å². The summed E-state index contributed by atoms with van der Waals surface area (Å²) in [5.41, 5.74) is 0.676. The Morgan fingerprint density at radius 2 is 2.21 bits per heavy atom. The number of ether oxygens (including phenoxy) is 1. The quantitative estimate of drug-likeness (QED) is 0.737. The Hall–Kier alpha value is -1.35. The van der Waals surface area contributed by atoms with E-state index >= 15 is 0 Å². The number of Topliss-reactive ketones (excluding diaryl/α,β-unsaturated/α-hetero) is 1. The monoisotopic (exact) mass is 261 g/mol. The molecule has 2 rings (SSSR count). The molecule has 0 amide bonds. The van der Waals surface area contributed by atoms with Crippen LogP contribution in [-0.2, 0) is 0 Å². The van der Waals surface area contributed by atoms with Crippen LogP contribution in [0.1, 0.15) is 37.0 Å². The molecule has 19 heavy (non-hydrogen) atoms. The van der Waals surface area contributed by atoms with Crippen molar-refractivity contribution >= 4 is 5.78 Å². The summed E-state index contributed by atoms with van der Waals surface area (Å²) in [7, 11) is 0. The summed E-state index contributed by atoms with van der Waals surface area (Å²) < 4.78 is 5.77. The van der Waals surface area contributed by atoms with Gasteiger partial charge in [-0.25, -0.2) is 0 Å². The van der Waals surface area contributed by atoms with E-state index in [-0.39, 0.29) is 5.78 Å². The van der Waals surface area contributed by atoms with Gasteiger partial charge in [0, 0.05) is 13.1 Å². The lowest BCUT2D eigenvalue weighted by molar-refractivity contribution is 0.101. The molecule has 1 fully saturated rings. The maximum Gasteiger partial charge on any atom is 0.163 e.